The largest absolute Gasteiger partial charge is 0.319 e. The van der Waals surface area contributed by atoms with Gasteiger partial charge in [-0.15, -0.1) is 0 Å². The number of aromatic nitrogens is 2. The zero-order valence-corrected chi connectivity index (χ0v) is 4.88. The number of alkyl halides is 2. The molecule has 1 rings (SSSR count). The third-order valence-electron chi connectivity index (χ3n) is 1.07. The van der Waals surface area contributed by atoms with Crippen LogP contribution in [0.2, 0.25) is 0 Å². The first-order valence-corrected chi connectivity index (χ1v) is 2.48. The molecule has 4 heteroatoms. The zero-order chi connectivity index (χ0) is 6.85. The minimum atomic E-state index is -2.47. The van der Waals surface area contributed by atoms with Crippen molar-refractivity contribution < 1.29 is 8.78 Å². The molecule has 0 aromatic carbocycles. The highest BCUT2D eigenvalue weighted by molar-refractivity contribution is 4.93. The standard InChI is InChI=1S/C5H6F2N2/c1-4-2-8-3-9(4)5(6)7/h2-3,5H,1H3. The van der Waals surface area contributed by atoms with Gasteiger partial charge in [0.2, 0.25) is 0 Å². The molecule has 0 bridgehead atoms. The van der Waals surface area contributed by atoms with Crippen molar-refractivity contribution in [3.8, 4) is 0 Å². The fourth-order valence-electron chi connectivity index (χ4n) is 0.575. The third-order valence-corrected chi connectivity index (χ3v) is 1.07. The Morgan fingerprint density at radius 2 is 2.33 bits per heavy atom. The van der Waals surface area contributed by atoms with E-state index < -0.39 is 6.55 Å². The highest BCUT2D eigenvalue weighted by Crippen LogP contribution is 2.10. The lowest BCUT2D eigenvalue weighted by molar-refractivity contribution is 0.0682. The van der Waals surface area contributed by atoms with E-state index in [2.05, 4.69) is 4.98 Å². The van der Waals surface area contributed by atoms with Gasteiger partial charge in [0, 0.05) is 11.9 Å². The molecule has 0 aliphatic rings. The lowest BCUT2D eigenvalue weighted by Crippen LogP contribution is -1.97. The topological polar surface area (TPSA) is 17.8 Å². The molecule has 1 aromatic rings. The Balaban J connectivity index is 2.94. The van der Waals surface area contributed by atoms with Gasteiger partial charge < -0.3 is 0 Å². The minimum Gasteiger partial charge on any atom is -0.278 e. The second-order valence-electron chi connectivity index (χ2n) is 1.72. The number of hydrogen-bond acceptors (Lipinski definition) is 1. The van der Waals surface area contributed by atoms with Crippen LogP contribution >= 0.6 is 0 Å². The molecule has 1 heterocycles. The summed E-state index contributed by atoms with van der Waals surface area (Å²) < 4.78 is 24.4. The molecule has 0 spiro atoms. The van der Waals surface area contributed by atoms with Crippen molar-refractivity contribution in [2.24, 2.45) is 0 Å². The number of halogens is 2. The minimum absolute atomic E-state index is 0.477. The van der Waals surface area contributed by atoms with Gasteiger partial charge in [-0.3, -0.25) is 4.57 Å². The van der Waals surface area contributed by atoms with E-state index in [9.17, 15) is 8.78 Å². The lowest BCUT2D eigenvalue weighted by atomic mass is 10.5. The SMILES string of the molecule is Cc1cncn1C(F)F. The van der Waals surface area contributed by atoms with Crippen molar-refractivity contribution in [3.63, 3.8) is 0 Å². The molecular formula is C5H6F2N2. The number of nitrogens with zero attached hydrogens (tertiary/aromatic N) is 2. The monoisotopic (exact) mass is 132 g/mol. The molecule has 0 saturated carbocycles. The summed E-state index contributed by atoms with van der Waals surface area (Å²) in [6, 6.07) is 0. The molecule has 0 fully saturated rings. The maximum Gasteiger partial charge on any atom is 0.319 e. The number of hydrogen-bond donors (Lipinski definition) is 0. The molecule has 0 unspecified atom stereocenters. The van der Waals surface area contributed by atoms with Crippen LogP contribution in [-0.2, 0) is 0 Å². The third kappa shape index (κ3) is 1.06. The van der Waals surface area contributed by atoms with E-state index in [0.717, 1.165) is 10.9 Å². The highest BCUT2D eigenvalue weighted by Gasteiger charge is 2.05. The second-order valence-corrected chi connectivity index (χ2v) is 1.72. The molecule has 0 radical (unpaired) electrons. The Bertz CT molecular complexity index is 195. The van der Waals surface area contributed by atoms with Crippen molar-refractivity contribution in [3.05, 3.63) is 18.2 Å². The lowest BCUT2D eigenvalue weighted by Gasteiger charge is -1.99. The van der Waals surface area contributed by atoms with Gasteiger partial charge in [0.15, 0.2) is 0 Å². The maximum atomic E-state index is 11.8. The predicted molar refractivity (Wildman–Crippen MR) is 28.2 cm³/mol. The van der Waals surface area contributed by atoms with Crippen LogP contribution < -0.4 is 0 Å². The van der Waals surface area contributed by atoms with E-state index >= 15 is 0 Å². The second kappa shape index (κ2) is 2.13. The molecule has 0 N–H and O–H groups in total. The summed E-state index contributed by atoms with van der Waals surface area (Å²) in [5.74, 6) is 0. The Morgan fingerprint density at radius 3 is 2.56 bits per heavy atom. The Hall–Kier alpha value is -0.930. The predicted octanol–water partition coefficient (Wildman–Crippen LogP) is 1.59. The fourth-order valence-corrected chi connectivity index (χ4v) is 0.575. The van der Waals surface area contributed by atoms with Crippen LogP contribution in [-0.4, -0.2) is 9.55 Å². The average Bonchev–Trinajstić information content (AvgIpc) is 2.13. The fraction of sp³-hybridized carbons (Fsp3) is 0.400. The first-order chi connectivity index (χ1) is 4.22. The van der Waals surface area contributed by atoms with E-state index in [1.54, 1.807) is 6.92 Å². The van der Waals surface area contributed by atoms with Gasteiger partial charge >= 0.3 is 6.55 Å². The average molecular weight is 132 g/mol. The number of imidazole rings is 1. The number of rotatable bonds is 1. The van der Waals surface area contributed by atoms with E-state index in [-0.39, 0.29) is 0 Å². The molecule has 0 amide bonds. The van der Waals surface area contributed by atoms with Crippen LogP contribution in [0, 0.1) is 6.92 Å². The van der Waals surface area contributed by atoms with Crippen molar-refractivity contribution in [1.29, 1.82) is 0 Å². The Morgan fingerprint density at radius 1 is 1.67 bits per heavy atom. The maximum absolute atomic E-state index is 11.8. The van der Waals surface area contributed by atoms with Gasteiger partial charge in [-0.2, -0.15) is 8.78 Å². The summed E-state index contributed by atoms with van der Waals surface area (Å²) in [6.07, 6.45) is 2.51. The van der Waals surface area contributed by atoms with Gasteiger partial charge in [-0.25, -0.2) is 4.98 Å². The molecule has 50 valence electrons. The van der Waals surface area contributed by atoms with Crippen molar-refractivity contribution >= 4 is 0 Å². The van der Waals surface area contributed by atoms with E-state index in [4.69, 9.17) is 0 Å². The van der Waals surface area contributed by atoms with Crippen LogP contribution in [0.3, 0.4) is 0 Å². The smallest absolute Gasteiger partial charge is 0.278 e. The van der Waals surface area contributed by atoms with Gasteiger partial charge in [0.05, 0.1) is 6.33 Å². The van der Waals surface area contributed by atoms with E-state index in [1.165, 1.54) is 6.20 Å². The molecule has 0 saturated heterocycles. The molecule has 0 aliphatic heterocycles. The molecular weight excluding hydrogens is 126 g/mol. The zero-order valence-electron chi connectivity index (χ0n) is 4.88. The van der Waals surface area contributed by atoms with Crippen molar-refractivity contribution in [1.82, 2.24) is 9.55 Å². The van der Waals surface area contributed by atoms with Crippen LogP contribution in [0.1, 0.15) is 12.2 Å². The summed E-state index contributed by atoms with van der Waals surface area (Å²) in [7, 11) is 0. The van der Waals surface area contributed by atoms with Crippen molar-refractivity contribution in [2.45, 2.75) is 13.5 Å². The summed E-state index contributed by atoms with van der Waals surface area (Å²) >= 11 is 0. The van der Waals surface area contributed by atoms with Gasteiger partial charge in [0.25, 0.3) is 0 Å². The first-order valence-electron chi connectivity index (χ1n) is 2.48. The molecule has 2 nitrogen and oxygen atoms in total. The van der Waals surface area contributed by atoms with Crippen LogP contribution in [0.4, 0.5) is 8.78 Å². The Kier molecular flexibility index (Phi) is 1.46. The van der Waals surface area contributed by atoms with E-state index in [0.29, 0.717) is 5.69 Å². The first kappa shape index (κ1) is 6.19. The Labute approximate surface area is 51.1 Å². The summed E-state index contributed by atoms with van der Waals surface area (Å²) in [4.78, 5) is 3.53. The van der Waals surface area contributed by atoms with Crippen molar-refractivity contribution in [2.75, 3.05) is 0 Å². The quantitative estimate of drug-likeness (QED) is 0.567. The van der Waals surface area contributed by atoms with Gasteiger partial charge in [-0.1, -0.05) is 0 Å². The van der Waals surface area contributed by atoms with Gasteiger partial charge in [-0.05, 0) is 6.92 Å². The highest BCUT2D eigenvalue weighted by atomic mass is 19.3. The molecule has 9 heavy (non-hydrogen) atoms. The molecule has 0 atom stereocenters. The van der Waals surface area contributed by atoms with Crippen LogP contribution in [0.25, 0.3) is 0 Å². The normalized spacial score (nSPS) is 10.7. The molecule has 1 aromatic heterocycles. The van der Waals surface area contributed by atoms with Crippen LogP contribution in [0.15, 0.2) is 12.5 Å². The van der Waals surface area contributed by atoms with E-state index in [1.807, 2.05) is 0 Å². The van der Waals surface area contributed by atoms with Gasteiger partial charge in [0.1, 0.15) is 0 Å². The summed E-state index contributed by atoms with van der Waals surface area (Å²) in [6.45, 7) is -0.883. The summed E-state index contributed by atoms with van der Waals surface area (Å²) in [5, 5.41) is 0. The van der Waals surface area contributed by atoms with Crippen LogP contribution in [0.5, 0.6) is 0 Å². The molecule has 0 aliphatic carbocycles. The number of aryl methyl sites for hydroxylation is 1. The summed E-state index contributed by atoms with van der Waals surface area (Å²) in [5.41, 5.74) is 0.477.